The highest BCUT2D eigenvalue weighted by Crippen LogP contribution is 2.26. The summed E-state index contributed by atoms with van der Waals surface area (Å²) in [5, 5.41) is 9.37. The number of hydrogen-bond acceptors (Lipinski definition) is 3. The lowest BCUT2D eigenvalue weighted by atomic mass is 10.0. The van der Waals surface area contributed by atoms with Crippen molar-refractivity contribution in [1.82, 2.24) is 4.90 Å². The van der Waals surface area contributed by atoms with Crippen molar-refractivity contribution in [3.8, 4) is 0 Å². The molecule has 1 aliphatic rings. The molecule has 20 heavy (non-hydrogen) atoms. The lowest BCUT2D eigenvalue weighted by Crippen LogP contribution is -2.39. The molecule has 1 fully saturated rings. The van der Waals surface area contributed by atoms with Gasteiger partial charge in [0.2, 0.25) is 0 Å². The van der Waals surface area contributed by atoms with E-state index >= 15 is 0 Å². The molecule has 1 heterocycles. The van der Waals surface area contributed by atoms with E-state index in [1.807, 2.05) is 18.2 Å². The number of carbonyl (C=O) groups is 1. The van der Waals surface area contributed by atoms with Gasteiger partial charge in [0.1, 0.15) is 6.61 Å². The van der Waals surface area contributed by atoms with Gasteiger partial charge in [0.15, 0.2) is 0 Å². The standard InChI is InChI=1S/C15H20ClNO3/c1-11(12-3-2-4-13(16)9-12)17-7-5-14(6-8-17)20-10-15(18)19/h2-4,9,11,14H,5-8,10H2,1H3,(H,18,19). The van der Waals surface area contributed by atoms with Gasteiger partial charge in [0, 0.05) is 24.2 Å². The average Bonchev–Trinajstić information content (AvgIpc) is 2.45. The maximum Gasteiger partial charge on any atom is 0.329 e. The fourth-order valence-corrected chi connectivity index (χ4v) is 2.79. The molecular formula is C15H20ClNO3. The highest BCUT2D eigenvalue weighted by Gasteiger charge is 2.24. The second-order valence-corrected chi connectivity index (χ2v) is 5.61. The number of piperidine rings is 1. The molecule has 110 valence electrons. The summed E-state index contributed by atoms with van der Waals surface area (Å²) in [5.41, 5.74) is 1.21. The smallest absolute Gasteiger partial charge is 0.329 e. The molecule has 1 N–H and O–H groups in total. The molecule has 0 amide bonds. The second-order valence-electron chi connectivity index (χ2n) is 5.17. The van der Waals surface area contributed by atoms with Crippen LogP contribution >= 0.6 is 11.6 Å². The maximum atomic E-state index is 10.5. The number of halogens is 1. The molecule has 0 aromatic heterocycles. The third-order valence-corrected chi connectivity index (χ3v) is 4.03. The number of benzene rings is 1. The zero-order chi connectivity index (χ0) is 14.5. The summed E-state index contributed by atoms with van der Waals surface area (Å²) in [6, 6.07) is 8.25. The van der Waals surface area contributed by atoms with Crippen LogP contribution in [0.3, 0.4) is 0 Å². The Kier molecular flexibility index (Phi) is 5.40. The number of carboxylic acids is 1. The number of nitrogens with zero attached hydrogens (tertiary/aromatic N) is 1. The van der Waals surface area contributed by atoms with Crippen molar-refractivity contribution in [1.29, 1.82) is 0 Å². The van der Waals surface area contributed by atoms with Crippen molar-refractivity contribution in [3.05, 3.63) is 34.9 Å². The van der Waals surface area contributed by atoms with Crippen molar-refractivity contribution in [2.45, 2.75) is 31.9 Å². The van der Waals surface area contributed by atoms with Crippen LogP contribution in [0.5, 0.6) is 0 Å². The third kappa shape index (κ3) is 4.20. The Morgan fingerprint density at radius 3 is 2.80 bits per heavy atom. The lowest BCUT2D eigenvalue weighted by Gasteiger charge is -2.36. The van der Waals surface area contributed by atoms with Gasteiger partial charge in [-0.15, -0.1) is 0 Å². The van der Waals surface area contributed by atoms with Crippen molar-refractivity contribution in [3.63, 3.8) is 0 Å². The summed E-state index contributed by atoms with van der Waals surface area (Å²) in [6.45, 7) is 3.80. The number of aliphatic carboxylic acids is 1. The van der Waals surface area contributed by atoms with E-state index in [2.05, 4.69) is 17.9 Å². The fraction of sp³-hybridized carbons (Fsp3) is 0.533. The molecule has 1 aromatic rings. The van der Waals surface area contributed by atoms with E-state index in [9.17, 15) is 4.79 Å². The van der Waals surface area contributed by atoms with E-state index < -0.39 is 5.97 Å². The number of likely N-dealkylation sites (tertiary alicyclic amines) is 1. The Balaban J connectivity index is 1.85. The molecule has 5 heteroatoms. The average molecular weight is 298 g/mol. The number of ether oxygens (including phenoxy) is 1. The van der Waals surface area contributed by atoms with Gasteiger partial charge in [-0.05, 0) is 37.5 Å². The van der Waals surface area contributed by atoms with Crippen molar-refractivity contribution in [2.24, 2.45) is 0 Å². The van der Waals surface area contributed by atoms with Gasteiger partial charge in [-0.1, -0.05) is 23.7 Å². The molecule has 1 unspecified atom stereocenters. The second kappa shape index (κ2) is 7.07. The van der Waals surface area contributed by atoms with Crippen LogP contribution in [-0.4, -0.2) is 41.8 Å². The maximum absolute atomic E-state index is 10.5. The van der Waals surface area contributed by atoms with Gasteiger partial charge in [-0.2, -0.15) is 0 Å². The monoisotopic (exact) mass is 297 g/mol. The molecule has 1 saturated heterocycles. The van der Waals surface area contributed by atoms with E-state index in [1.165, 1.54) is 5.56 Å². The Bertz CT molecular complexity index is 458. The molecule has 0 radical (unpaired) electrons. The zero-order valence-electron chi connectivity index (χ0n) is 11.6. The first kappa shape index (κ1) is 15.3. The van der Waals surface area contributed by atoms with Crippen molar-refractivity contribution in [2.75, 3.05) is 19.7 Å². The van der Waals surface area contributed by atoms with Gasteiger partial charge < -0.3 is 9.84 Å². The van der Waals surface area contributed by atoms with Crippen LogP contribution in [-0.2, 0) is 9.53 Å². The molecule has 0 aliphatic carbocycles. The van der Waals surface area contributed by atoms with E-state index in [4.69, 9.17) is 21.4 Å². The molecule has 1 aromatic carbocycles. The van der Waals surface area contributed by atoms with Crippen LogP contribution in [0.1, 0.15) is 31.4 Å². The minimum atomic E-state index is -0.903. The molecule has 1 atom stereocenters. The van der Waals surface area contributed by atoms with Crippen LogP contribution < -0.4 is 0 Å². The van der Waals surface area contributed by atoms with Crippen molar-refractivity contribution >= 4 is 17.6 Å². The number of rotatable bonds is 5. The van der Waals surface area contributed by atoms with Crippen LogP contribution in [0.4, 0.5) is 0 Å². The zero-order valence-corrected chi connectivity index (χ0v) is 12.3. The Labute approximate surface area is 124 Å². The quantitative estimate of drug-likeness (QED) is 0.908. The highest BCUT2D eigenvalue weighted by molar-refractivity contribution is 6.30. The van der Waals surface area contributed by atoms with E-state index in [0.717, 1.165) is 31.0 Å². The topological polar surface area (TPSA) is 49.8 Å². The number of hydrogen-bond donors (Lipinski definition) is 1. The summed E-state index contributed by atoms with van der Waals surface area (Å²) in [5.74, 6) is -0.903. The Hall–Kier alpha value is -1.10. The van der Waals surface area contributed by atoms with Gasteiger partial charge in [0.25, 0.3) is 0 Å². The fourth-order valence-electron chi connectivity index (χ4n) is 2.60. The van der Waals surface area contributed by atoms with Crippen molar-refractivity contribution < 1.29 is 14.6 Å². The number of carboxylic acid groups (broad SMARTS) is 1. The predicted molar refractivity (Wildman–Crippen MR) is 78.0 cm³/mol. The molecule has 0 bridgehead atoms. The minimum absolute atomic E-state index is 0.0638. The first-order valence-corrected chi connectivity index (χ1v) is 7.27. The molecular weight excluding hydrogens is 278 g/mol. The van der Waals surface area contributed by atoms with E-state index in [0.29, 0.717) is 6.04 Å². The highest BCUT2D eigenvalue weighted by atomic mass is 35.5. The molecule has 2 rings (SSSR count). The largest absolute Gasteiger partial charge is 0.480 e. The van der Waals surface area contributed by atoms with Crippen LogP contribution in [0.2, 0.25) is 5.02 Å². The Morgan fingerprint density at radius 2 is 2.20 bits per heavy atom. The molecule has 1 aliphatic heterocycles. The first-order chi connectivity index (χ1) is 9.56. The summed E-state index contributed by atoms with van der Waals surface area (Å²) in [4.78, 5) is 12.9. The molecule has 4 nitrogen and oxygen atoms in total. The van der Waals surface area contributed by atoms with E-state index in [-0.39, 0.29) is 12.7 Å². The van der Waals surface area contributed by atoms with Gasteiger partial charge >= 0.3 is 5.97 Å². The van der Waals surface area contributed by atoms with Crippen LogP contribution in [0.15, 0.2) is 24.3 Å². The summed E-state index contributed by atoms with van der Waals surface area (Å²) in [6.07, 6.45) is 1.81. The SMILES string of the molecule is CC(c1cccc(Cl)c1)N1CCC(OCC(=O)O)CC1. The van der Waals surface area contributed by atoms with Gasteiger partial charge in [-0.25, -0.2) is 4.79 Å². The third-order valence-electron chi connectivity index (χ3n) is 3.80. The normalized spacial score (nSPS) is 18.9. The minimum Gasteiger partial charge on any atom is -0.480 e. The summed E-state index contributed by atoms with van der Waals surface area (Å²) >= 11 is 6.03. The van der Waals surface area contributed by atoms with Gasteiger partial charge in [0.05, 0.1) is 6.10 Å². The van der Waals surface area contributed by atoms with Gasteiger partial charge in [-0.3, -0.25) is 4.90 Å². The summed E-state index contributed by atoms with van der Waals surface area (Å²) in [7, 11) is 0. The Morgan fingerprint density at radius 1 is 1.50 bits per heavy atom. The molecule has 0 saturated carbocycles. The summed E-state index contributed by atoms with van der Waals surface area (Å²) < 4.78 is 5.35. The predicted octanol–water partition coefficient (Wildman–Crippen LogP) is 2.97. The van der Waals surface area contributed by atoms with E-state index in [1.54, 1.807) is 0 Å². The van der Waals surface area contributed by atoms with Crippen LogP contribution in [0.25, 0.3) is 0 Å². The first-order valence-electron chi connectivity index (χ1n) is 6.89. The van der Waals surface area contributed by atoms with Crippen LogP contribution in [0, 0.1) is 0 Å². The lowest BCUT2D eigenvalue weighted by molar-refractivity contribution is -0.145. The molecule has 0 spiro atoms.